The second-order valence-electron chi connectivity index (χ2n) is 8.19. The van der Waals surface area contributed by atoms with Gasteiger partial charge in [-0.2, -0.15) is 10.2 Å². The highest BCUT2D eigenvalue weighted by Gasteiger charge is 2.41. The maximum Gasteiger partial charge on any atom is 0.266 e. The van der Waals surface area contributed by atoms with E-state index in [1.54, 1.807) is 18.4 Å². The number of nitrogens with zero attached hydrogens (tertiary/aromatic N) is 4. The molecular weight excluding hydrogens is 396 g/mol. The van der Waals surface area contributed by atoms with Crippen LogP contribution in [0.25, 0.3) is 11.7 Å². The van der Waals surface area contributed by atoms with Crippen molar-refractivity contribution in [3.05, 3.63) is 48.2 Å². The van der Waals surface area contributed by atoms with Crippen molar-refractivity contribution in [3.63, 3.8) is 0 Å². The first-order chi connectivity index (χ1) is 15.2. The van der Waals surface area contributed by atoms with E-state index < -0.39 is 0 Å². The van der Waals surface area contributed by atoms with Gasteiger partial charge in [0.05, 0.1) is 18.6 Å². The van der Waals surface area contributed by atoms with Crippen LogP contribution < -0.4 is 4.90 Å². The number of carbonyl (C=O) groups excluding carboxylic acids is 1. The van der Waals surface area contributed by atoms with Crippen molar-refractivity contribution >= 4 is 11.8 Å². The van der Waals surface area contributed by atoms with Gasteiger partial charge in [-0.15, -0.1) is 0 Å². The zero-order valence-electron chi connectivity index (χ0n) is 17.4. The normalized spacial score (nSPS) is 18.0. The van der Waals surface area contributed by atoms with Crippen LogP contribution >= 0.6 is 0 Å². The third-order valence-corrected chi connectivity index (χ3v) is 6.15. The lowest BCUT2D eigenvalue weighted by atomic mass is 9.94. The molecule has 5 rings (SSSR count). The SMILES string of the molecule is CC(c1ccco1)N(C(=O)C1CCN(c2oc(-c3ccco3)nc2C#N)CC1)C1CC1. The van der Waals surface area contributed by atoms with E-state index in [0.29, 0.717) is 49.5 Å². The summed E-state index contributed by atoms with van der Waals surface area (Å²) < 4.78 is 16.8. The van der Waals surface area contributed by atoms with Gasteiger partial charge in [-0.25, -0.2) is 0 Å². The van der Waals surface area contributed by atoms with E-state index >= 15 is 0 Å². The van der Waals surface area contributed by atoms with Crippen molar-refractivity contribution in [2.75, 3.05) is 18.0 Å². The lowest BCUT2D eigenvalue weighted by Crippen LogP contribution is -2.44. The largest absolute Gasteiger partial charge is 0.467 e. The number of amides is 1. The van der Waals surface area contributed by atoms with Gasteiger partial charge in [-0.05, 0) is 56.9 Å². The average molecular weight is 420 g/mol. The van der Waals surface area contributed by atoms with Gasteiger partial charge in [0.15, 0.2) is 5.76 Å². The zero-order chi connectivity index (χ0) is 21.4. The van der Waals surface area contributed by atoms with Gasteiger partial charge in [0.25, 0.3) is 5.89 Å². The number of piperidine rings is 1. The van der Waals surface area contributed by atoms with Gasteiger partial charge in [0.2, 0.25) is 17.5 Å². The van der Waals surface area contributed by atoms with Crippen LogP contribution in [0, 0.1) is 17.2 Å². The predicted octanol–water partition coefficient (Wildman–Crippen LogP) is 4.37. The summed E-state index contributed by atoms with van der Waals surface area (Å²) in [6.07, 6.45) is 6.70. The molecule has 8 heteroatoms. The Kier molecular flexibility index (Phi) is 5.02. The Morgan fingerprint density at radius 2 is 1.94 bits per heavy atom. The molecule has 4 heterocycles. The van der Waals surface area contributed by atoms with Gasteiger partial charge >= 0.3 is 0 Å². The Hall–Kier alpha value is -3.47. The first-order valence-electron chi connectivity index (χ1n) is 10.7. The van der Waals surface area contributed by atoms with Crippen molar-refractivity contribution in [2.45, 2.75) is 44.7 Å². The number of rotatable bonds is 6. The molecule has 8 nitrogen and oxygen atoms in total. The fraction of sp³-hybridized carbons (Fsp3) is 0.435. The van der Waals surface area contributed by atoms with E-state index in [0.717, 1.165) is 18.6 Å². The van der Waals surface area contributed by atoms with E-state index in [4.69, 9.17) is 13.3 Å². The lowest BCUT2D eigenvalue weighted by molar-refractivity contribution is -0.139. The highest BCUT2D eigenvalue weighted by Crippen LogP contribution is 2.38. The summed E-state index contributed by atoms with van der Waals surface area (Å²) in [6, 6.07) is 9.63. The molecule has 1 saturated carbocycles. The van der Waals surface area contributed by atoms with Crippen molar-refractivity contribution in [1.29, 1.82) is 5.26 Å². The predicted molar refractivity (Wildman–Crippen MR) is 111 cm³/mol. The molecule has 0 spiro atoms. The lowest BCUT2D eigenvalue weighted by Gasteiger charge is -2.36. The van der Waals surface area contributed by atoms with Crippen LogP contribution in [0.2, 0.25) is 0 Å². The van der Waals surface area contributed by atoms with Crippen LogP contribution in [0.15, 0.2) is 50.0 Å². The fourth-order valence-electron chi connectivity index (χ4n) is 4.35. The van der Waals surface area contributed by atoms with Gasteiger partial charge in [-0.3, -0.25) is 4.79 Å². The molecule has 1 aliphatic heterocycles. The van der Waals surface area contributed by atoms with Crippen molar-refractivity contribution in [2.24, 2.45) is 5.92 Å². The molecule has 0 N–H and O–H groups in total. The van der Waals surface area contributed by atoms with Crippen molar-refractivity contribution < 1.29 is 18.0 Å². The quantitative estimate of drug-likeness (QED) is 0.584. The van der Waals surface area contributed by atoms with Crippen molar-refractivity contribution in [3.8, 4) is 17.7 Å². The third kappa shape index (κ3) is 3.72. The zero-order valence-corrected chi connectivity index (χ0v) is 17.4. The summed E-state index contributed by atoms with van der Waals surface area (Å²) in [4.78, 5) is 21.7. The molecular formula is C23H24N4O4. The monoisotopic (exact) mass is 420 g/mol. The summed E-state index contributed by atoms with van der Waals surface area (Å²) in [5, 5.41) is 9.49. The number of nitriles is 1. The summed E-state index contributed by atoms with van der Waals surface area (Å²) in [5.74, 6) is 2.20. The highest BCUT2D eigenvalue weighted by atomic mass is 16.4. The number of furan rings is 2. The molecule has 1 atom stereocenters. The third-order valence-electron chi connectivity index (χ3n) is 6.15. The second-order valence-corrected chi connectivity index (χ2v) is 8.19. The minimum Gasteiger partial charge on any atom is -0.467 e. The van der Waals surface area contributed by atoms with Gasteiger partial charge in [-0.1, -0.05) is 0 Å². The number of oxazole rings is 1. The van der Waals surface area contributed by atoms with E-state index in [1.807, 2.05) is 28.9 Å². The molecule has 2 aliphatic rings. The fourth-order valence-corrected chi connectivity index (χ4v) is 4.35. The van der Waals surface area contributed by atoms with Gasteiger partial charge in [0, 0.05) is 25.0 Å². The summed E-state index contributed by atoms with van der Waals surface area (Å²) in [6.45, 7) is 3.30. The Balaban J connectivity index is 1.28. The highest BCUT2D eigenvalue weighted by molar-refractivity contribution is 5.80. The average Bonchev–Trinajstić information content (AvgIpc) is 3.25. The molecule has 1 aliphatic carbocycles. The number of carbonyl (C=O) groups is 1. The molecule has 160 valence electrons. The molecule has 3 aromatic rings. The maximum absolute atomic E-state index is 13.4. The number of anilines is 1. The first-order valence-corrected chi connectivity index (χ1v) is 10.7. The minimum atomic E-state index is -0.0663. The molecule has 31 heavy (non-hydrogen) atoms. The number of hydrogen-bond donors (Lipinski definition) is 0. The molecule has 1 unspecified atom stereocenters. The summed E-state index contributed by atoms with van der Waals surface area (Å²) in [7, 11) is 0. The van der Waals surface area contributed by atoms with Crippen LogP contribution in [0.3, 0.4) is 0 Å². The number of hydrogen-bond acceptors (Lipinski definition) is 7. The Morgan fingerprint density at radius 3 is 2.55 bits per heavy atom. The molecule has 0 radical (unpaired) electrons. The molecule has 0 bridgehead atoms. The van der Waals surface area contributed by atoms with Crippen LogP contribution in [-0.4, -0.2) is 34.9 Å². The smallest absolute Gasteiger partial charge is 0.266 e. The van der Waals surface area contributed by atoms with E-state index in [-0.39, 0.29) is 23.6 Å². The molecule has 1 amide bonds. The van der Waals surface area contributed by atoms with Crippen LogP contribution in [0.4, 0.5) is 5.88 Å². The maximum atomic E-state index is 13.4. The van der Waals surface area contributed by atoms with Gasteiger partial charge in [0.1, 0.15) is 11.8 Å². The van der Waals surface area contributed by atoms with E-state index in [1.165, 1.54) is 6.26 Å². The summed E-state index contributed by atoms with van der Waals surface area (Å²) in [5.41, 5.74) is 0.238. The van der Waals surface area contributed by atoms with Crippen LogP contribution in [0.5, 0.6) is 0 Å². The molecule has 3 aromatic heterocycles. The molecule has 0 aromatic carbocycles. The standard InChI is InChI=1S/C23H24N4O4/c1-15(19-4-2-12-29-19)27(17-6-7-17)22(28)16-8-10-26(11-9-16)23-18(14-24)25-21(31-23)20-5-3-13-30-20/h2-5,12-13,15-17H,6-11H2,1H3. The van der Waals surface area contributed by atoms with Crippen LogP contribution in [0.1, 0.15) is 50.1 Å². The number of aromatic nitrogens is 1. The minimum absolute atomic E-state index is 0.0488. The summed E-state index contributed by atoms with van der Waals surface area (Å²) >= 11 is 0. The topological polar surface area (TPSA) is 99.7 Å². The first kappa shape index (κ1) is 19.5. The van der Waals surface area contributed by atoms with Crippen molar-refractivity contribution in [1.82, 2.24) is 9.88 Å². The molecule has 2 fully saturated rings. The van der Waals surface area contributed by atoms with E-state index in [2.05, 4.69) is 11.1 Å². The van der Waals surface area contributed by atoms with Gasteiger partial charge < -0.3 is 23.1 Å². The Bertz CT molecular complexity index is 1070. The molecule has 1 saturated heterocycles. The Morgan fingerprint density at radius 1 is 1.19 bits per heavy atom. The second kappa shape index (κ2) is 7.99. The van der Waals surface area contributed by atoms with Crippen LogP contribution in [-0.2, 0) is 4.79 Å². The van der Waals surface area contributed by atoms with E-state index in [9.17, 15) is 10.1 Å². The Labute approximate surface area is 180 Å².